The molecule has 1 heterocycles. The minimum absolute atomic E-state index is 0.210. The SMILES string of the molecule is O=C1N=NCN1N=Cc1ccccc1. The molecule has 0 bridgehead atoms. The zero-order valence-electron chi connectivity index (χ0n) is 7.37. The molecule has 0 aliphatic carbocycles. The minimum atomic E-state index is -0.419. The summed E-state index contributed by atoms with van der Waals surface area (Å²) in [4.78, 5) is 10.9. The second-order valence-electron chi connectivity index (χ2n) is 2.72. The number of rotatable bonds is 2. The molecule has 1 aromatic carbocycles. The molecular weight excluding hydrogens is 180 g/mol. The number of benzene rings is 1. The van der Waals surface area contributed by atoms with Crippen LogP contribution in [0.2, 0.25) is 0 Å². The Bertz CT molecular complexity index is 385. The molecule has 0 unspecified atom stereocenters. The van der Waals surface area contributed by atoms with Crippen molar-refractivity contribution in [2.75, 3.05) is 6.67 Å². The highest BCUT2D eigenvalue weighted by Crippen LogP contribution is 2.04. The molecule has 0 saturated heterocycles. The van der Waals surface area contributed by atoms with Crippen LogP contribution in [0.4, 0.5) is 4.79 Å². The molecule has 0 atom stereocenters. The van der Waals surface area contributed by atoms with Gasteiger partial charge in [0.05, 0.1) is 6.21 Å². The van der Waals surface area contributed by atoms with Crippen molar-refractivity contribution in [1.29, 1.82) is 0 Å². The molecular formula is C9H8N4O. The number of hydrogen-bond acceptors (Lipinski definition) is 3. The molecule has 5 nitrogen and oxygen atoms in total. The van der Waals surface area contributed by atoms with E-state index in [9.17, 15) is 4.79 Å². The van der Waals surface area contributed by atoms with E-state index in [-0.39, 0.29) is 6.67 Å². The van der Waals surface area contributed by atoms with Gasteiger partial charge in [-0.2, -0.15) is 15.2 Å². The van der Waals surface area contributed by atoms with Crippen molar-refractivity contribution >= 4 is 12.2 Å². The van der Waals surface area contributed by atoms with Gasteiger partial charge in [-0.1, -0.05) is 35.4 Å². The Labute approximate surface area is 80.8 Å². The first-order chi connectivity index (χ1) is 6.86. The molecule has 0 saturated carbocycles. The van der Waals surface area contributed by atoms with E-state index in [0.717, 1.165) is 5.56 Å². The fraction of sp³-hybridized carbons (Fsp3) is 0.111. The average Bonchev–Trinajstić information content (AvgIpc) is 2.63. The second kappa shape index (κ2) is 3.78. The Morgan fingerprint density at radius 3 is 2.79 bits per heavy atom. The smallest absolute Gasteiger partial charge is 0.242 e. The topological polar surface area (TPSA) is 57.4 Å². The van der Waals surface area contributed by atoms with Gasteiger partial charge in [-0.25, -0.2) is 4.79 Å². The molecule has 1 aromatic rings. The van der Waals surface area contributed by atoms with Gasteiger partial charge in [0.25, 0.3) is 0 Å². The van der Waals surface area contributed by atoms with Gasteiger partial charge >= 0.3 is 6.03 Å². The first kappa shape index (κ1) is 8.55. The predicted molar refractivity (Wildman–Crippen MR) is 51.0 cm³/mol. The highest BCUT2D eigenvalue weighted by molar-refractivity contribution is 5.82. The number of hydrazone groups is 1. The number of carbonyl (C=O) groups is 1. The maximum absolute atomic E-state index is 10.9. The van der Waals surface area contributed by atoms with Crippen molar-refractivity contribution in [3.05, 3.63) is 35.9 Å². The van der Waals surface area contributed by atoms with Crippen LogP contribution >= 0.6 is 0 Å². The Kier molecular flexibility index (Phi) is 2.31. The van der Waals surface area contributed by atoms with Crippen LogP contribution in [0.5, 0.6) is 0 Å². The maximum Gasteiger partial charge on any atom is 0.384 e. The third-order valence-electron chi connectivity index (χ3n) is 1.72. The lowest BCUT2D eigenvalue weighted by molar-refractivity contribution is 0.221. The summed E-state index contributed by atoms with van der Waals surface area (Å²) in [7, 11) is 0. The van der Waals surface area contributed by atoms with Gasteiger partial charge in [-0.05, 0) is 5.56 Å². The minimum Gasteiger partial charge on any atom is -0.242 e. The summed E-state index contributed by atoms with van der Waals surface area (Å²) < 4.78 is 0. The number of nitrogens with zero attached hydrogens (tertiary/aromatic N) is 4. The summed E-state index contributed by atoms with van der Waals surface area (Å²) in [6.45, 7) is 0.210. The summed E-state index contributed by atoms with van der Waals surface area (Å²) in [6.07, 6.45) is 1.61. The number of hydrogen-bond donors (Lipinski definition) is 0. The molecule has 5 heteroatoms. The van der Waals surface area contributed by atoms with Gasteiger partial charge in [0.15, 0.2) is 6.67 Å². The van der Waals surface area contributed by atoms with Crippen LogP contribution in [0.1, 0.15) is 5.56 Å². The van der Waals surface area contributed by atoms with Gasteiger partial charge in [0.2, 0.25) is 0 Å². The first-order valence-electron chi connectivity index (χ1n) is 4.14. The van der Waals surface area contributed by atoms with E-state index >= 15 is 0 Å². The van der Waals surface area contributed by atoms with Crippen LogP contribution in [0.25, 0.3) is 0 Å². The van der Waals surface area contributed by atoms with Crippen LogP contribution in [-0.2, 0) is 0 Å². The number of urea groups is 1. The first-order valence-corrected chi connectivity index (χ1v) is 4.14. The third-order valence-corrected chi connectivity index (χ3v) is 1.72. The largest absolute Gasteiger partial charge is 0.384 e. The van der Waals surface area contributed by atoms with Crippen LogP contribution in [0.3, 0.4) is 0 Å². The van der Waals surface area contributed by atoms with Crippen molar-refractivity contribution in [2.24, 2.45) is 15.3 Å². The summed E-state index contributed by atoms with van der Waals surface area (Å²) in [5, 5.41) is 12.0. The molecule has 14 heavy (non-hydrogen) atoms. The molecule has 0 spiro atoms. The Hall–Kier alpha value is -2.04. The average molecular weight is 188 g/mol. The molecule has 70 valence electrons. The van der Waals surface area contributed by atoms with E-state index in [1.165, 1.54) is 5.01 Å². The van der Waals surface area contributed by atoms with E-state index in [2.05, 4.69) is 15.3 Å². The molecule has 0 aromatic heterocycles. The van der Waals surface area contributed by atoms with Gasteiger partial charge < -0.3 is 0 Å². The van der Waals surface area contributed by atoms with Crippen LogP contribution < -0.4 is 0 Å². The monoisotopic (exact) mass is 188 g/mol. The lowest BCUT2D eigenvalue weighted by Crippen LogP contribution is -2.17. The normalized spacial score (nSPS) is 15.7. The summed E-state index contributed by atoms with van der Waals surface area (Å²) in [5.74, 6) is 0. The van der Waals surface area contributed by atoms with Gasteiger partial charge in [0.1, 0.15) is 0 Å². The summed E-state index contributed by atoms with van der Waals surface area (Å²) in [5.41, 5.74) is 0.937. The van der Waals surface area contributed by atoms with Crippen molar-refractivity contribution < 1.29 is 4.79 Å². The standard InChI is InChI=1S/C9H8N4O/c14-9-12-10-7-13(9)11-6-8-4-2-1-3-5-8/h1-6H,7H2. The molecule has 2 rings (SSSR count). The number of azo groups is 1. The fourth-order valence-corrected chi connectivity index (χ4v) is 1.03. The van der Waals surface area contributed by atoms with Gasteiger partial charge in [-0.3, -0.25) is 0 Å². The van der Waals surface area contributed by atoms with E-state index in [1.807, 2.05) is 30.3 Å². The molecule has 0 radical (unpaired) electrons. The van der Waals surface area contributed by atoms with E-state index in [4.69, 9.17) is 0 Å². The van der Waals surface area contributed by atoms with E-state index in [1.54, 1.807) is 6.21 Å². The van der Waals surface area contributed by atoms with Gasteiger partial charge in [0, 0.05) is 0 Å². The zero-order valence-corrected chi connectivity index (χ0v) is 7.37. The molecule has 1 aliphatic heterocycles. The summed E-state index contributed by atoms with van der Waals surface area (Å²) >= 11 is 0. The Morgan fingerprint density at radius 1 is 1.36 bits per heavy atom. The number of carbonyl (C=O) groups excluding carboxylic acids is 1. The van der Waals surface area contributed by atoms with Crippen LogP contribution in [0.15, 0.2) is 45.7 Å². The highest BCUT2D eigenvalue weighted by atomic mass is 16.2. The fourth-order valence-electron chi connectivity index (χ4n) is 1.03. The van der Waals surface area contributed by atoms with Crippen molar-refractivity contribution in [2.45, 2.75) is 0 Å². The highest BCUT2D eigenvalue weighted by Gasteiger charge is 2.15. The summed E-state index contributed by atoms with van der Waals surface area (Å²) in [6, 6.07) is 9.11. The molecule has 0 fully saturated rings. The Balaban J connectivity index is 2.05. The number of amides is 2. The van der Waals surface area contributed by atoms with Gasteiger partial charge in [-0.15, -0.1) is 0 Å². The van der Waals surface area contributed by atoms with Crippen molar-refractivity contribution in [3.8, 4) is 0 Å². The van der Waals surface area contributed by atoms with Crippen LogP contribution in [0, 0.1) is 0 Å². The molecule has 2 amide bonds. The van der Waals surface area contributed by atoms with E-state index in [0.29, 0.717) is 0 Å². The third kappa shape index (κ3) is 1.82. The lowest BCUT2D eigenvalue weighted by atomic mass is 10.2. The quantitative estimate of drug-likeness (QED) is 0.653. The zero-order chi connectivity index (χ0) is 9.80. The Morgan fingerprint density at radius 2 is 2.14 bits per heavy atom. The molecule has 0 N–H and O–H groups in total. The van der Waals surface area contributed by atoms with Crippen LogP contribution in [-0.4, -0.2) is 23.9 Å². The molecule has 1 aliphatic rings. The predicted octanol–water partition coefficient (Wildman–Crippen LogP) is 1.87. The van der Waals surface area contributed by atoms with Crippen molar-refractivity contribution in [1.82, 2.24) is 5.01 Å². The maximum atomic E-state index is 10.9. The lowest BCUT2D eigenvalue weighted by Gasteiger charge is -2.02. The second-order valence-corrected chi connectivity index (χ2v) is 2.72. The van der Waals surface area contributed by atoms with E-state index < -0.39 is 6.03 Å². The van der Waals surface area contributed by atoms with Crippen molar-refractivity contribution in [3.63, 3.8) is 0 Å².